The third-order valence-corrected chi connectivity index (χ3v) is 4.37. The average molecular weight is 353 g/mol. The zero-order valence-electron chi connectivity index (χ0n) is 14.9. The first kappa shape index (κ1) is 18.0. The van der Waals surface area contributed by atoms with Gasteiger partial charge in [0.1, 0.15) is 5.75 Å². The number of nitrogens with one attached hydrogen (secondary N) is 1. The first-order valence-electron chi connectivity index (χ1n) is 8.98. The van der Waals surface area contributed by atoms with Crippen molar-refractivity contribution in [3.05, 3.63) is 59.2 Å². The molecule has 0 atom stereocenters. The van der Waals surface area contributed by atoms with Gasteiger partial charge in [-0.15, -0.1) is 0 Å². The van der Waals surface area contributed by atoms with Crippen molar-refractivity contribution in [2.24, 2.45) is 0 Å². The average Bonchev–Trinajstić information content (AvgIpc) is 2.67. The summed E-state index contributed by atoms with van der Waals surface area (Å²) in [6.07, 6.45) is 4.42. The Kier molecular flexibility index (Phi) is 5.89. The lowest BCUT2D eigenvalue weighted by Crippen LogP contribution is -2.21. The molecule has 5 heteroatoms. The van der Waals surface area contributed by atoms with E-state index in [4.69, 9.17) is 9.47 Å². The zero-order chi connectivity index (χ0) is 18.4. The third kappa shape index (κ3) is 4.42. The molecule has 0 heterocycles. The molecule has 136 valence electrons. The van der Waals surface area contributed by atoms with Gasteiger partial charge >= 0.3 is 5.97 Å². The normalized spacial score (nSPS) is 12.8. The van der Waals surface area contributed by atoms with Crippen LogP contribution in [0.1, 0.15) is 41.3 Å². The van der Waals surface area contributed by atoms with Gasteiger partial charge in [-0.25, -0.2) is 4.79 Å². The second-order valence-electron chi connectivity index (χ2n) is 6.24. The van der Waals surface area contributed by atoms with Crippen molar-refractivity contribution >= 4 is 17.6 Å². The molecule has 2 aromatic rings. The van der Waals surface area contributed by atoms with Gasteiger partial charge in [0.25, 0.3) is 5.91 Å². The number of hydrogen-bond donors (Lipinski definition) is 1. The van der Waals surface area contributed by atoms with Crippen LogP contribution < -0.4 is 10.1 Å². The number of amides is 1. The largest absolute Gasteiger partial charge is 0.483 e. The van der Waals surface area contributed by atoms with Gasteiger partial charge in [-0.1, -0.05) is 18.2 Å². The highest BCUT2D eigenvalue weighted by molar-refractivity contribution is 5.95. The Morgan fingerprint density at radius 2 is 1.88 bits per heavy atom. The Labute approximate surface area is 153 Å². The minimum Gasteiger partial charge on any atom is -0.483 e. The van der Waals surface area contributed by atoms with Crippen LogP contribution in [0.25, 0.3) is 0 Å². The highest BCUT2D eigenvalue weighted by Gasteiger charge is 2.15. The summed E-state index contributed by atoms with van der Waals surface area (Å²) in [4.78, 5) is 24.0. The topological polar surface area (TPSA) is 64.6 Å². The molecule has 0 aliphatic heterocycles. The molecule has 0 radical (unpaired) electrons. The lowest BCUT2D eigenvalue weighted by atomic mass is 9.91. The lowest BCUT2D eigenvalue weighted by molar-refractivity contribution is -0.118. The molecule has 5 nitrogen and oxygen atoms in total. The number of carbonyl (C=O) groups is 2. The number of carbonyl (C=O) groups excluding carboxylic acids is 2. The van der Waals surface area contributed by atoms with Crippen LogP contribution in [0.3, 0.4) is 0 Å². The monoisotopic (exact) mass is 353 g/mol. The van der Waals surface area contributed by atoms with E-state index in [9.17, 15) is 9.59 Å². The van der Waals surface area contributed by atoms with Gasteiger partial charge in [0.15, 0.2) is 6.61 Å². The highest BCUT2D eigenvalue weighted by Crippen LogP contribution is 2.29. The Balaban J connectivity index is 1.60. The summed E-state index contributed by atoms with van der Waals surface area (Å²) < 4.78 is 10.7. The van der Waals surface area contributed by atoms with Gasteiger partial charge in [-0.3, -0.25) is 4.79 Å². The molecular formula is C21H23NO4. The van der Waals surface area contributed by atoms with E-state index in [-0.39, 0.29) is 12.5 Å². The molecule has 0 saturated carbocycles. The molecule has 3 rings (SSSR count). The molecule has 0 fully saturated rings. The number of benzene rings is 2. The molecular weight excluding hydrogens is 330 g/mol. The first-order chi connectivity index (χ1) is 12.7. The number of fused-ring (bicyclic) bond motifs is 1. The van der Waals surface area contributed by atoms with Crippen molar-refractivity contribution < 1.29 is 19.1 Å². The van der Waals surface area contributed by atoms with Crippen molar-refractivity contribution in [1.29, 1.82) is 0 Å². The second-order valence-corrected chi connectivity index (χ2v) is 6.24. The summed E-state index contributed by atoms with van der Waals surface area (Å²) >= 11 is 0. The molecule has 0 unspecified atom stereocenters. The molecule has 1 aliphatic carbocycles. The predicted molar refractivity (Wildman–Crippen MR) is 99.6 cm³/mol. The van der Waals surface area contributed by atoms with Crippen LogP contribution in [0.15, 0.2) is 42.5 Å². The minimum atomic E-state index is -0.407. The fourth-order valence-electron chi connectivity index (χ4n) is 3.16. The summed E-state index contributed by atoms with van der Waals surface area (Å²) in [5, 5.41) is 2.76. The van der Waals surface area contributed by atoms with Crippen molar-refractivity contribution in [3.63, 3.8) is 0 Å². The predicted octanol–water partition coefficient (Wildman–Crippen LogP) is 3.76. The van der Waals surface area contributed by atoms with Crippen molar-refractivity contribution in [2.75, 3.05) is 18.5 Å². The Bertz CT molecular complexity index is 800. The standard InChI is InChI=1S/C21H23NO4/c1-2-25-21(24)16-9-5-10-17(13-16)22-20(23)14-26-19-12-6-8-15-7-3-4-11-18(15)19/h5-6,8-10,12-13H,2-4,7,11,14H2,1H3,(H,22,23). The number of rotatable bonds is 6. The third-order valence-electron chi connectivity index (χ3n) is 4.37. The van der Waals surface area contributed by atoms with E-state index in [1.165, 1.54) is 17.5 Å². The Hall–Kier alpha value is -2.82. The van der Waals surface area contributed by atoms with Crippen molar-refractivity contribution in [1.82, 2.24) is 0 Å². The van der Waals surface area contributed by atoms with Gasteiger partial charge in [-0.2, -0.15) is 0 Å². The van der Waals surface area contributed by atoms with Crippen LogP contribution in [0.5, 0.6) is 5.75 Å². The summed E-state index contributed by atoms with van der Waals surface area (Å²) in [5.41, 5.74) is 3.48. The first-order valence-corrected chi connectivity index (χ1v) is 8.98. The molecule has 0 aromatic heterocycles. The molecule has 1 N–H and O–H groups in total. The van der Waals surface area contributed by atoms with Crippen molar-refractivity contribution in [2.45, 2.75) is 32.6 Å². The molecule has 0 spiro atoms. The van der Waals surface area contributed by atoms with Gasteiger partial charge in [-0.05, 0) is 68.0 Å². The van der Waals surface area contributed by atoms with E-state index in [1.54, 1.807) is 31.2 Å². The number of anilines is 1. The van der Waals surface area contributed by atoms with Gasteiger partial charge in [0, 0.05) is 5.69 Å². The molecule has 1 amide bonds. The fourth-order valence-corrected chi connectivity index (χ4v) is 3.16. The number of esters is 1. The summed E-state index contributed by atoms with van der Waals surface area (Å²) in [7, 11) is 0. The highest BCUT2D eigenvalue weighted by atomic mass is 16.5. The Morgan fingerprint density at radius 3 is 2.73 bits per heavy atom. The SMILES string of the molecule is CCOC(=O)c1cccc(NC(=O)COc2cccc3c2CCCC3)c1. The molecule has 26 heavy (non-hydrogen) atoms. The number of hydrogen-bond acceptors (Lipinski definition) is 4. The quantitative estimate of drug-likeness (QED) is 0.803. The zero-order valence-corrected chi connectivity index (χ0v) is 14.9. The van der Waals surface area contributed by atoms with Crippen LogP contribution in [0.2, 0.25) is 0 Å². The van der Waals surface area contributed by atoms with Crippen LogP contribution in [0.4, 0.5) is 5.69 Å². The van der Waals surface area contributed by atoms with Gasteiger partial charge in [0.05, 0.1) is 12.2 Å². The van der Waals surface area contributed by atoms with E-state index in [0.29, 0.717) is 17.9 Å². The number of ether oxygens (including phenoxy) is 2. The van der Waals surface area contributed by atoms with E-state index in [2.05, 4.69) is 11.4 Å². The summed E-state index contributed by atoms with van der Waals surface area (Å²) in [6.45, 7) is 1.99. The molecule has 1 aliphatic rings. The van der Waals surface area contributed by atoms with Gasteiger partial charge < -0.3 is 14.8 Å². The Morgan fingerprint density at radius 1 is 1.08 bits per heavy atom. The van der Waals surface area contributed by atoms with E-state index < -0.39 is 5.97 Å². The lowest BCUT2D eigenvalue weighted by Gasteiger charge is -2.19. The van der Waals surface area contributed by atoms with Gasteiger partial charge in [0.2, 0.25) is 0 Å². The van der Waals surface area contributed by atoms with E-state index >= 15 is 0 Å². The van der Waals surface area contributed by atoms with Crippen LogP contribution in [-0.4, -0.2) is 25.1 Å². The maximum Gasteiger partial charge on any atom is 0.338 e. The molecule has 0 bridgehead atoms. The van der Waals surface area contributed by atoms with Crippen LogP contribution in [0, 0.1) is 0 Å². The van der Waals surface area contributed by atoms with Crippen LogP contribution in [-0.2, 0) is 22.4 Å². The smallest absolute Gasteiger partial charge is 0.338 e. The van der Waals surface area contributed by atoms with E-state index in [1.807, 2.05) is 12.1 Å². The molecule has 0 saturated heterocycles. The van der Waals surface area contributed by atoms with Crippen LogP contribution >= 0.6 is 0 Å². The fraction of sp³-hybridized carbons (Fsp3) is 0.333. The minimum absolute atomic E-state index is 0.0694. The molecule has 2 aromatic carbocycles. The maximum absolute atomic E-state index is 12.2. The second kappa shape index (κ2) is 8.52. The van der Waals surface area contributed by atoms with Crippen molar-refractivity contribution in [3.8, 4) is 5.75 Å². The summed E-state index contributed by atoms with van der Waals surface area (Å²) in [6, 6.07) is 12.7. The van der Waals surface area contributed by atoms with E-state index in [0.717, 1.165) is 25.0 Å². The maximum atomic E-state index is 12.2. The number of aryl methyl sites for hydroxylation is 1. The summed E-state index contributed by atoms with van der Waals surface area (Å²) in [5.74, 6) is 0.118.